The van der Waals surface area contributed by atoms with Gasteiger partial charge in [0.25, 0.3) is 5.91 Å². The van der Waals surface area contributed by atoms with Gasteiger partial charge in [-0.15, -0.1) is 0 Å². The zero-order valence-electron chi connectivity index (χ0n) is 29.0. The third-order valence-corrected chi connectivity index (χ3v) is 15.2. The molecule has 0 aromatic heterocycles. The van der Waals surface area contributed by atoms with Gasteiger partial charge in [0.05, 0.1) is 47.1 Å². The van der Waals surface area contributed by atoms with Gasteiger partial charge in [0, 0.05) is 42.0 Å². The summed E-state index contributed by atoms with van der Waals surface area (Å²) in [5, 5.41) is 11.1. The minimum Gasteiger partial charge on any atom is -0.497 e. The molecule has 11 heteroatoms. The molecule has 1 spiro atoms. The van der Waals surface area contributed by atoms with Gasteiger partial charge in [-0.25, -0.2) is 0 Å². The predicted octanol–water partition coefficient (Wildman–Crippen LogP) is 5.77. The maximum atomic E-state index is 14.9. The summed E-state index contributed by atoms with van der Waals surface area (Å²) in [6.45, 7) is 7.51. The molecule has 5 rings (SSSR count). The second-order valence-corrected chi connectivity index (χ2v) is 19.1. The molecule has 0 aliphatic carbocycles. The van der Waals surface area contributed by atoms with Gasteiger partial charge in [0.2, 0.25) is 5.91 Å². The summed E-state index contributed by atoms with van der Waals surface area (Å²) in [6.07, 6.45) is 1.01. The molecule has 4 atom stereocenters. The van der Waals surface area contributed by atoms with Crippen molar-refractivity contribution in [1.29, 1.82) is 0 Å². The Morgan fingerprint density at radius 1 is 1.04 bits per heavy atom. The van der Waals surface area contributed by atoms with Crippen molar-refractivity contribution in [2.75, 3.05) is 38.8 Å². The first kappa shape index (κ1) is 36.8. The highest BCUT2D eigenvalue weighted by atomic mass is 79.9. The zero-order valence-corrected chi connectivity index (χ0v) is 31.6. The van der Waals surface area contributed by atoms with Crippen LogP contribution in [0.4, 0.5) is 5.69 Å². The number of anilines is 1. The molecule has 2 aliphatic heterocycles. The van der Waals surface area contributed by atoms with Crippen LogP contribution in [0.1, 0.15) is 43.7 Å². The van der Waals surface area contributed by atoms with Crippen molar-refractivity contribution in [1.82, 2.24) is 4.90 Å². The highest BCUT2D eigenvalue weighted by molar-refractivity contribution is 9.10. The summed E-state index contributed by atoms with van der Waals surface area (Å²) in [4.78, 5) is 44.3. The van der Waals surface area contributed by atoms with E-state index in [2.05, 4.69) is 48.1 Å². The second-order valence-electron chi connectivity index (χ2n) is 13.5. The normalized spacial score (nSPS) is 21.6. The fourth-order valence-electron chi connectivity index (χ4n) is 7.87. The summed E-state index contributed by atoms with van der Waals surface area (Å²) >= 11 is 3.65. The number of amides is 2. The fraction of sp³-hybridized carbons (Fsp3) is 0.447. The van der Waals surface area contributed by atoms with Crippen LogP contribution in [0, 0.1) is 5.92 Å². The van der Waals surface area contributed by atoms with Gasteiger partial charge >= 0.3 is 5.97 Å². The lowest BCUT2D eigenvalue weighted by molar-refractivity contribution is -0.149. The number of hydrogen-bond acceptors (Lipinski definition) is 7. The number of methoxy groups -OCH3 is 2. The Hall–Kier alpha value is -3.51. The van der Waals surface area contributed by atoms with Crippen LogP contribution in [0.2, 0.25) is 18.6 Å². The minimum absolute atomic E-state index is 0.0753. The summed E-state index contributed by atoms with van der Waals surface area (Å²) in [5.74, 6) is -0.0426. The molecule has 3 aromatic rings. The molecule has 9 nitrogen and oxygen atoms in total. The van der Waals surface area contributed by atoms with Gasteiger partial charge in [0.15, 0.2) is 5.60 Å². The number of esters is 1. The first-order valence-electron chi connectivity index (χ1n) is 16.9. The average Bonchev–Trinajstić information content (AvgIpc) is 3.52. The van der Waals surface area contributed by atoms with Crippen LogP contribution in [-0.4, -0.2) is 75.9 Å². The van der Waals surface area contributed by atoms with E-state index in [1.54, 1.807) is 16.9 Å². The van der Waals surface area contributed by atoms with Gasteiger partial charge < -0.3 is 29.1 Å². The Morgan fingerprint density at radius 2 is 1.76 bits per heavy atom. The first-order valence-corrected chi connectivity index (χ1v) is 20.8. The lowest BCUT2D eigenvalue weighted by Crippen LogP contribution is -2.52. The third kappa shape index (κ3) is 7.36. The van der Waals surface area contributed by atoms with Gasteiger partial charge in [-0.05, 0) is 54.3 Å². The highest BCUT2D eigenvalue weighted by Crippen LogP contribution is 2.60. The molecule has 262 valence electrons. The number of rotatable bonds is 14. The topological polar surface area (TPSA) is 106 Å². The summed E-state index contributed by atoms with van der Waals surface area (Å²) in [5.41, 5.74) is 1.14. The number of benzene rings is 3. The Balaban J connectivity index is 1.54. The van der Waals surface area contributed by atoms with Crippen molar-refractivity contribution in [3.05, 3.63) is 88.4 Å². The Bertz CT molecular complexity index is 1640. The van der Waals surface area contributed by atoms with Crippen molar-refractivity contribution in [2.24, 2.45) is 5.92 Å². The highest BCUT2D eigenvalue weighted by Gasteiger charge is 2.66. The van der Waals surface area contributed by atoms with Gasteiger partial charge in [0.1, 0.15) is 5.75 Å². The van der Waals surface area contributed by atoms with Crippen LogP contribution >= 0.6 is 15.9 Å². The molecule has 1 saturated heterocycles. The molecule has 2 aliphatic rings. The fourth-order valence-corrected chi connectivity index (χ4v) is 12.2. The maximum absolute atomic E-state index is 14.9. The van der Waals surface area contributed by atoms with Crippen molar-refractivity contribution >= 4 is 52.7 Å². The summed E-state index contributed by atoms with van der Waals surface area (Å²) in [6, 6.07) is 23.7. The molecule has 0 unspecified atom stereocenters. The minimum atomic E-state index is -2.47. The number of unbranched alkanes of at least 4 members (excludes halogenated alkanes) is 1. The predicted molar refractivity (Wildman–Crippen MR) is 195 cm³/mol. The Labute approximate surface area is 298 Å². The molecular weight excluding hydrogens is 704 g/mol. The number of aliphatic hydroxyl groups is 1. The SMILES string of the molecule is COC(=O)CCCCN1C(=O)[C@@]2(O[C@@H](CC(=O)N(CCO)Cc3ccccc3)[C@H]([Si](C)(C)c3ccc(OC)cc3)[C@H]2C)c2cc(Br)ccc21. The number of carbonyl (C=O) groups is 3. The van der Waals surface area contributed by atoms with E-state index in [0.717, 1.165) is 27.0 Å². The molecule has 2 amide bonds. The van der Waals surface area contributed by atoms with Crippen molar-refractivity contribution in [3.63, 3.8) is 0 Å². The van der Waals surface area contributed by atoms with Crippen LogP contribution in [-0.2, 0) is 36.0 Å². The number of carbonyl (C=O) groups excluding carboxylic acids is 3. The Kier molecular flexibility index (Phi) is 11.7. The van der Waals surface area contributed by atoms with Gasteiger partial charge in [-0.2, -0.15) is 0 Å². The lowest BCUT2D eigenvalue weighted by Gasteiger charge is -2.37. The second kappa shape index (κ2) is 15.6. The van der Waals surface area contributed by atoms with Crippen molar-refractivity contribution in [3.8, 4) is 5.75 Å². The quantitative estimate of drug-likeness (QED) is 0.127. The van der Waals surface area contributed by atoms with E-state index in [1.165, 1.54) is 12.3 Å². The molecule has 0 bridgehead atoms. The van der Waals surface area contributed by atoms with Crippen LogP contribution in [0.25, 0.3) is 0 Å². The van der Waals surface area contributed by atoms with Crippen molar-refractivity contribution in [2.45, 2.75) is 69.5 Å². The van der Waals surface area contributed by atoms with E-state index in [1.807, 2.05) is 60.7 Å². The Morgan fingerprint density at radius 3 is 2.41 bits per heavy atom. The number of halogens is 1. The molecule has 2 heterocycles. The number of fused-ring (bicyclic) bond motifs is 2. The van der Waals surface area contributed by atoms with E-state index in [9.17, 15) is 19.5 Å². The van der Waals surface area contributed by atoms with E-state index in [0.29, 0.717) is 25.9 Å². The van der Waals surface area contributed by atoms with Crippen LogP contribution in [0.15, 0.2) is 77.3 Å². The van der Waals surface area contributed by atoms with E-state index < -0.39 is 19.8 Å². The molecule has 0 radical (unpaired) electrons. The van der Waals surface area contributed by atoms with Gasteiger partial charge in [-0.1, -0.05) is 83.6 Å². The zero-order chi connectivity index (χ0) is 35.3. The molecule has 1 fully saturated rings. The molecule has 1 N–H and O–H groups in total. The van der Waals surface area contributed by atoms with E-state index >= 15 is 0 Å². The van der Waals surface area contributed by atoms with E-state index in [4.69, 9.17) is 14.2 Å². The summed E-state index contributed by atoms with van der Waals surface area (Å²) < 4.78 is 18.2. The largest absolute Gasteiger partial charge is 0.497 e. The van der Waals surface area contributed by atoms with Crippen LogP contribution in [0.3, 0.4) is 0 Å². The number of aliphatic hydroxyl groups excluding tert-OH is 1. The molecule has 0 saturated carbocycles. The molecular formula is C38H47BrN2O7Si. The number of ether oxygens (including phenoxy) is 3. The molecule has 49 heavy (non-hydrogen) atoms. The summed E-state index contributed by atoms with van der Waals surface area (Å²) in [7, 11) is 0.557. The smallest absolute Gasteiger partial charge is 0.305 e. The van der Waals surface area contributed by atoms with Crippen molar-refractivity contribution < 1.29 is 33.7 Å². The third-order valence-electron chi connectivity index (χ3n) is 10.4. The van der Waals surface area contributed by atoms with Gasteiger partial charge in [-0.3, -0.25) is 14.4 Å². The van der Waals surface area contributed by atoms with Crippen LogP contribution < -0.4 is 14.8 Å². The number of hydrogen-bond donors (Lipinski definition) is 1. The first-order chi connectivity index (χ1) is 23.5. The number of nitrogens with zero attached hydrogens (tertiary/aromatic N) is 2. The van der Waals surface area contributed by atoms with E-state index in [-0.39, 0.29) is 55.2 Å². The molecule has 3 aromatic carbocycles. The monoisotopic (exact) mass is 750 g/mol. The standard InChI is InChI=1S/C38H47BrN2O7Si/c1-26-36(49(4,5)30-17-15-29(46-2)16-18-30)33(24-34(43)40(21-22-42)25-27-11-7-6-8-12-27)48-38(26)31-23-28(39)14-19-32(31)41(37(38)45)20-10-9-13-35(44)47-3/h6-8,11-12,14-19,23,26,33,36,42H,9-10,13,20-22,24-25H2,1-5H3/t26-,33+,36-,38+/m1/s1. The average molecular weight is 752 g/mol. The maximum Gasteiger partial charge on any atom is 0.305 e. The lowest BCUT2D eigenvalue weighted by atomic mass is 9.82. The van der Waals surface area contributed by atoms with Crippen LogP contribution in [0.5, 0.6) is 5.75 Å².